The fraction of sp³-hybridized carbons (Fsp3) is 0.500. The number of benzene rings is 1. The minimum Gasteiger partial charge on any atom is -0.493 e. The van der Waals surface area contributed by atoms with Gasteiger partial charge in [-0.15, -0.1) is 0 Å². The Labute approximate surface area is 186 Å². The average Bonchev–Trinajstić information content (AvgIpc) is 3.39. The maximum atomic E-state index is 14.0. The van der Waals surface area contributed by atoms with Crippen LogP contribution >= 0.6 is 0 Å². The molecule has 0 fully saturated rings. The summed E-state index contributed by atoms with van der Waals surface area (Å²) in [6, 6.07) is 1.83. The summed E-state index contributed by atoms with van der Waals surface area (Å²) in [5.41, 5.74) is 1.13. The van der Waals surface area contributed by atoms with Crippen molar-refractivity contribution in [3.63, 3.8) is 0 Å². The van der Waals surface area contributed by atoms with E-state index in [9.17, 15) is 9.59 Å². The van der Waals surface area contributed by atoms with E-state index < -0.39 is 11.5 Å². The number of methoxy groups -OCH3 is 2. The van der Waals surface area contributed by atoms with Gasteiger partial charge in [0, 0.05) is 24.0 Å². The van der Waals surface area contributed by atoms with Crippen LogP contribution in [0.4, 0.5) is 0 Å². The number of fused-ring (bicyclic) bond motifs is 2. The number of hydrogen-bond acceptors (Lipinski definition) is 8. The van der Waals surface area contributed by atoms with Crippen molar-refractivity contribution in [2.75, 3.05) is 27.6 Å². The molecule has 4 aliphatic rings. The first-order valence-electron chi connectivity index (χ1n) is 10.7. The summed E-state index contributed by atoms with van der Waals surface area (Å²) in [7, 11) is 2.97. The Balaban J connectivity index is 1.85. The molecule has 0 unspecified atom stereocenters. The molecule has 0 aromatic heterocycles. The molecule has 5 rings (SSSR count). The van der Waals surface area contributed by atoms with Crippen LogP contribution in [-0.4, -0.2) is 39.4 Å². The molecule has 1 spiro atoms. The van der Waals surface area contributed by atoms with Crippen molar-refractivity contribution in [1.82, 2.24) is 0 Å². The molecule has 8 heteroatoms. The minimum absolute atomic E-state index is 0.0308. The van der Waals surface area contributed by atoms with Crippen molar-refractivity contribution in [3.05, 3.63) is 40.4 Å². The molecule has 2 heterocycles. The number of carbonyl (C=O) groups is 2. The van der Waals surface area contributed by atoms with Gasteiger partial charge in [-0.2, -0.15) is 0 Å². The van der Waals surface area contributed by atoms with Gasteiger partial charge in [-0.3, -0.25) is 9.59 Å². The summed E-state index contributed by atoms with van der Waals surface area (Å²) in [6.07, 6.45) is 1.92. The number of ketones is 1. The molecule has 2 aliphatic heterocycles. The third kappa shape index (κ3) is 2.61. The second kappa shape index (κ2) is 7.18. The average molecular weight is 442 g/mol. The Morgan fingerprint density at radius 3 is 2.59 bits per heavy atom. The molecule has 2 aliphatic carbocycles. The molecule has 1 aromatic rings. The van der Waals surface area contributed by atoms with Gasteiger partial charge in [0.15, 0.2) is 17.3 Å². The molecule has 0 saturated heterocycles. The van der Waals surface area contributed by atoms with E-state index in [-0.39, 0.29) is 42.7 Å². The van der Waals surface area contributed by atoms with E-state index in [1.54, 1.807) is 0 Å². The quantitative estimate of drug-likeness (QED) is 0.659. The van der Waals surface area contributed by atoms with E-state index in [2.05, 4.69) is 13.8 Å². The highest BCUT2D eigenvalue weighted by molar-refractivity contribution is 6.08. The largest absolute Gasteiger partial charge is 0.493 e. The van der Waals surface area contributed by atoms with Gasteiger partial charge >= 0.3 is 5.97 Å². The lowest BCUT2D eigenvalue weighted by Gasteiger charge is -2.41. The molecule has 170 valence electrons. The van der Waals surface area contributed by atoms with Gasteiger partial charge in [0.2, 0.25) is 24.1 Å². The van der Waals surface area contributed by atoms with Crippen molar-refractivity contribution < 1.29 is 38.0 Å². The van der Waals surface area contributed by atoms with E-state index in [0.29, 0.717) is 40.6 Å². The van der Waals surface area contributed by atoms with Crippen LogP contribution in [0.2, 0.25) is 0 Å². The molecule has 0 amide bonds. The fourth-order valence-electron chi connectivity index (χ4n) is 5.36. The second-order valence-electron chi connectivity index (χ2n) is 8.77. The van der Waals surface area contributed by atoms with Crippen molar-refractivity contribution in [2.24, 2.45) is 11.8 Å². The summed E-state index contributed by atoms with van der Waals surface area (Å²) < 4.78 is 34.3. The Morgan fingerprint density at radius 2 is 1.91 bits per heavy atom. The minimum atomic E-state index is -1.12. The molecular weight excluding hydrogens is 416 g/mol. The Hall–Kier alpha value is -3.16. The highest BCUT2D eigenvalue weighted by Crippen LogP contribution is 2.61. The Bertz CT molecular complexity index is 1080. The molecule has 32 heavy (non-hydrogen) atoms. The molecule has 4 atom stereocenters. The van der Waals surface area contributed by atoms with Gasteiger partial charge in [-0.1, -0.05) is 13.8 Å². The van der Waals surface area contributed by atoms with Gasteiger partial charge in [-0.05, 0) is 30.1 Å². The van der Waals surface area contributed by atoms with Gasteiger partial charge < -0.3 is 28.4 Å². The lowest BCUT2D eigenvalue weighted by molar-refractivity contribution is -0.150. The predicted octanol–water partition coefficient (Wildman–Crippen LogP) is 3.34. The van der Waals surface area contributed by atoms with E-state index in [0.717, 1.165) is 5.57 Å². The molecule has 8 nitrogen and oxygen atoms in total. The number of allylic oxidation sites excluding steroid dienone is 2. The number of Topliss-reactive ketones (excluding diaryl/α,β-unsaturated/α-hetero) is 1. The molecule has 0 saturated carbocycles. The number of ether oxygens (including phenoxy) is 6. The van der Waals surface area contributed by atoms with Crippen LogP contribution in [0.15, 0.2) is 29.2 Å². The van der Waals surface area contributed by atoms with Crippen molar-refractivity contribution in [3.8, 4) is 17.2 Å². The summed E-state index contributed by atoms with van der Waals surface area (Å²) in [5, 5.41) is 0. The molecular formula is C24H26O8. The van der Waals surface area contributed by atoms with Crippen LogP contribution in [0.5, 0.6) is 17.2 Å². The first kappa shape index (κ1) is 20.7. The second-order valence-corrected chi connectivity index (χ2v) is 8.77. The molecule has 0 bridgehead atoms. The summed E-state index contributed by atoms with van der Waals surface area (Å²) in [4.78, 5) is 26.1. The normalized spacial score (nSPS) is 29.8. The SMILES string of the molecule is COC1=C(OC)C(=O)[C@@]23COc4c5c(cc(c42)[C@H](OC(C)=O)[C@@H](C)[C@@H](C)CC3=C1)OCO5. The van der Waals surface area contributed by atoms with Crippen LogP contribution in [-0.2, 0) is 29.2 Å². The van der Waals surface area contributed by atoms with Crippen LogP contribution in [0.3, 0.4) is 0 Å². The van der Waals surface area contributed by atoms with Gasteiger partial charge in [0.25, 0.3) is 0 Å². The van der Waals surface area contributed by atoms with Crippen LogP contribution in [0.25, 0.3) is 0 Å². The maximum Gasteiger partial charge on any atom is 0.303 e. The van der Waals surface area contributed by atoms with Crippen LogP contribution in [0, 0.1) is 11.8 Å². The maximum absolute atomic E-state index is 14.0. The summed E-state index contributed by atoms with van der Waals surface area (Å²) >= 11 is 0. The van der Waals surface area contributed by atoms with Gasteiger partial charge in [0.1, 0.15) is 18.1 Å². The van der Waals surface area contributed by atoms with E-state index in [4.69, 9.17) is 28.4 Å². The third-order valence-corrected chi connectivity index (χ3v) is 7.12. The third-order valence-electron chi connectivity index (χ3n) is 7.12. The Morgan fingerprint density at radius 1 is 1.12 bits per heavy atom. The zero-order chi connectivity index (χ0) is 22.8. The lowest BCUT2D eigenvalue weighted by Crippen LogP contribution is -2.46. The number of carbonyl (C=O) groups excluding carboxylic acids is 2. The van der Waals surface area contributed by atoms with Gasteiger partial charge in [-0.25, -0.2) is 0 Å². The van der Waals surface area contributed by atoms with Crippen LogP contribution < -0.4 is 14.2 Å². The van der Waals surface area contributed by atoms with Crippen molar-refractivity contribution in [2.45, 2.75) is 38.7 Å². The topological polar surface area (TPSA) is 89.5 Å². The molecule has 0 N–H and O–H groups in total. The van der Waals surface area contributed by atoms with Crippen LogP contribution in [0.1, 0.15) is 44.4 Å². The highest BCUT2D eigenvalue weighted by Gasteiger charge is 2.59. The number of esters is 1. The highest BCUT2D eigenvalue weighted by atomic mass is 16.7. The van der Waals surface area contributed by atoms with Crippen molar-refractivity contribution >= 4 is 11.8 Å². The predicted molar refractivity (Wildman–Crippen MR) is 111 cm³/mol. The number of rotatable bonds is 3. The zero-order valence-electron chi connectivity index (χ0n) is 18.8. The fourth-order valence-corrected chi connectivity index (χ4v) is 5.36. The first-order valence-corrected chi connectivity index (χ1v) is 10.7. The molecule has 0 radical (unpaired) electrons. The number of hydrogen-bond donors (Lipinski definition) is 0. The lowest BCUT2D eigenvalue weighted by atomic mass is 9.62. The molecule has 1 aromatic carbocycles. The van der Waals surface area contributed by atoms with E-state index in [1.165, 1.54) is 21.1 Å². The first-order chi connectivity index (χ1) is 15.3. The summed E-state index contributed by atoms with van der Waals surface area (Å²) in [5.74, 6) is 1.42. The Kier molecular flexibility index (Phi) is 4.65. The van der Waals surface area contributed by atoms with Crippen molar-refractivity contribution in [1.29, 1.82) is 0 Å². The summed E-state index contributed by atoms with van der Waals surface area (Å²) in [6.45, 7) is 5.69. The van der Waals surface area contributed by atoms with Gasteiger partial charge in [0.05, 0.1) is 14.2 Å². The standard InChI is InChI=1S/C24H26O8/c1-11-6-14-7-16(27-4)21(28-5)23(26)24(14)9-29-22-18(24)15(8-17-20(22)31-10-30-17)19(12(11)2)32-13(3)25/h7-8,11-12,19H,6,9-10H2,1-5H3/t11-,12-,19+,24+/m0/s1. The smallest absolute Gasteiger partial charge is 0.303 e. The van der Waals surface area contributed by atoms with E-state index >= 15 is 0 Å². The monoisotopic (exact) mass is 442 g/mol. The van der Waals surface area contributed by atoms with E-state index in [1.807, 2.05) is 12.1 Å². The zero-order valence-corrected chi connectivity index (χ0v) is 18.8.